The van der Waals surface area contributed by atoms with E-state index in [0.717, 1.165) is 18.9 Å². The summed E-state index contributed by atoms with van der Waals surface area (Å²) in [4.78, 5) is 0. The maximum Gasteiger partial charge on any atom is 0.119 e. The molecule has 0 amide bonds. The van der Waals surface area contributed by atoms with Crippen LogP contribution in [0.1, 0.15) is 0 Å². The van der Waals surface area contributed by atoms with Gasteiger partial charge in [0, 0.05) is 6.54 Å². The van der Waals surface area contributed by atoms with Gasteiger partial charge in [-0.15, -0.1) is 0 Å². The van der Waals surface area contributed by atoms with Crippen LogP contribution in [0.3, 0.4) is 0 Å². The van der Waals surface area contributed by atoms with Gasteiger partial charge in [-0.1, -0.05) is 18.2 Å². The quantitative estimate of drug-likeness (QED) is 0.651. The van der Waals surface area contributed by atoms with Gasteiger partial charge in [-0.2, -0.15) is 0 Å². The van der Waals surface area contributed by atoms with Crippen LogP contribution in [0.2, 0.25) is 0 Å². The van der Waals surface area contributed by atoms with Crippen molar-refractivity contribution in [3.05, 3.63) is 30.3 Å². The molecule has 0 unspecified atom stereocenters. The van der Waals surface area contributed by atoms with Crippen LogP contribution in [0.25, 0.3) is 0 Å². The molecule has 0 aromatic heterocycles. The second-order valence-corrected chi connectivity index (χ2v) is 2.73. The molecule has 1 atom stereocenters. The van der Waals surface area contributed by atoms with Gasteiger partial charge < -0.3 is 10.1 Å². The molecule has 0 saturated carbocycles. The summed E-state index contributed by atoms with van der Waals surface area (Å²) in [6.07, 6.45) is 0. The number of ether oxygens (including phenoxy) is 1. The van der Waals surface area contributed by atoms with E-state index in [2.05, 4.69) is 5.32 Å². The summed E-state index contributed by atoms with van der Waals surface area (Å²) in [7, 11) is 0. The summed E-state index contributed by atoms with van der Waals surface area (Å²) >= 11 is 0. The number of para-hydroxylation sites is 1. The van der Waals surface area contributed by atoms with Crippen LogP contribution in [0, 0.1) is 0 Å². The van der Waals surface area contributed by atoms with Crippen LogP contribution in [-0.4, -0.2) is 19.2 Å². The molecule has 0 radical (unpaired) electrons. The SMILES string of the molecule is c1ccc(OC[C@@H]2CN2)cc1. The highest BCUT2D eigenvalue weighted by atomic mass is 16.5. The average Bonchev–Trinajstić information content (AvgIpc) is 2.86. The van der Waals surface area contributed by atoms with E-state index in [1.165, 1.54) is 0 Å². The van der Waals surface area contributed by atoms with Crippen LogP contribution in [0.15, 0.2) is 30.3 Å². The lowest BCUT2D eigenvalue weighted by molar-refractivity contribution is 0.319. The molecule has 0 spiro atoms. The number of nitrogens with one attached hydrogen (secondary N) is 1. The summed E-state index contributed by atoms with van der Waals surface area (Å²) in [5.41, 5.74) is 0. The molecule has 2 heteroatoms. The number of benzene rings is 1. The van der Waals surface area contributed by atoms with E-state index >= 15 is 0 Å². The van der Waals surface area contributed by atoms with Crippen molar-refractivity contribution in [3.8, 4) is 5.75 Å². The van der Waals surface area contributed by atoms with Gasteiger partial charge in [-0.05, 0) is 12.1 Å². The third-order valence-electron chi connectivity index (χ3n) is 1.69. The largest absolute Gasteiger partial charge is 0.492 e. The molecule has 1 fully saturated rings. The maximum atomic E-state index is 5.47. The Morgan fingerprint density at radius 3 is 2.73 bits per heavy atom. The third-order valence-corrected chi connectivity index (χ3v) is 1.69. The summed E-state index contributed by atoms with van der Waals surface area (Å²) in [6, 6.07) is 10.5. The van der Waals surface area contributed by atoms with Crippen molar-refractivity contribution >= 4 is 0 Å². The predicted molar refractivity (Wildman–Crippen MR) is 43.7 cm³/mol. The third kappa shape index (κ3) is 1.95. The first kappa shape index (κ1) is 6.68. The van der Waals surface area contributed by atoms with Crippen molar-refractivity contribution in [2.75, 3.05) is 13.2 Å². The molecular weight excluding hydrogens is 138 g/mol. The topological polar surface area (TPSA) is 31.2 Å². The molecule has 0 bridgehead atoms. The lowest BCUT2D eigenvalue weighted by Gasteiger charge is -2.02. The Balaban J connectivity index is 1.85. The molecule has 1 aromatic carbocycles. The van der Waals surface area contributed by atoms with E-state index in [1.54, 1.807) is 0 Å². The van der Waals surface area contributed by atoms with Crippen molar-refractivity contribution in [1.82, 2.24) is 5.32 Å². The smallest absolute Gasteiger partial charge is 0.119 e. The van der Waals surface area contributed by atoms with Crippen LogP contribution in [0.5, 0.6) is 5.75 Å². The standard InChI is InChI=1S/C9H11NO/c1-2-4-9(5-3-1)11-7-8-6-10-8/h1-5,8,10H,6-7H2/t8-/m0/s1. The highest BCUT2D eigenvalue weighted by Gasteiger charge is 2.20. The van der Waals surface area contributed by atoms with Crippen molar-refractivity contribution in [2.24, 2.45) is 0 Å². The van der Waals surface area contributed by atoms with E-state index in [1.807, 2.05) is 30.3 Å². The molecule has 2 rings (SSSR count). The fraction of sp³-hybridized carbons (Fsp3) is 0.333. The first-order valence-corrected chi connectivity index (χ1v) is 3.86. The Morgan fingerprint density at radius 2 is 2.09 bits per heavy atom. The van der Waals surface area contributed by atoms with Gasteiger partial charge in [-0.25, -0.2) is 0 Å². The molecule has 1 aromatic rings. The summed E-state index contributed by atoms with van der Waals surface area (Å²) in [6.45, 7) is 1.90. The summed E-state index contributed by atoms with van der Waals surface area (Å²) < 4.78 is 5.47. The van der Waals surface area contributed by atoms with Crippen molar-refractivity contribution in [2.45, 2.75) is 6.04 Å². The lowest BCUT2D eigenvalue weighted by Crippen LogP contribution is -2.06. The number of hydrogen-bond acceptors (Lipinski definition) is 2. The average molecular weight is 149 g/mol. The monoisotopic (exact) mass is 149 g/mol. The Kier molecular flexibility index (Phi) is 1.78. The highest BCUT2D eigenvalue weighted by Crippen LogP contribution is 2.09. The molecule has 11 heavy (non-hydrogen) atoms. The van der Waals surface area contributed by atoms with E-state index < -0.39 is 0 Å². The first-order valence-electron chi connectivity index (χ1n) is 3.86. The van der Waals surface area contributed by atoms with E-state index in [9.17, 15) is 0 Å². The number of hydrogen-bond donors (Lipinski definition) is 1. The van der Waals surface area contributed by atoms with Crippen LogP contribution in [0.4, 0.5) is 0 Å². The molecular formula is C9H11NO. The molecule has 1 aliphatic rings. The van der Waals surface area contributed by atoms with Gasteiger partial charge in [0.15, 0.2) is 0 Å². The fourth-order valence-corrected chi connectivity index (χ4v) is 0.915. The Bertz CT molecular complexity index is 218. The van der Waals surface area contributed by atoms with E-state index in [0.29, 0.717) is 6.04 Å². The van der Waals surface area contributed by atoms with Gasteiger partial charge in [0.05, 0.1) is 6.04 Å². The van der Waals surface area contributed by atoms with Crippen LogP contribution < -0.4 is 10.1 Å². The molecule has 0 aliphatic carbocycles. The van der Waals surface area contributed by atoms with Crippen LogP contribution in [-0.2, 0) is 0 Å². The van der Waals surface area contributed by atoms with Gasteiger partial charge >= 0.3 is 0 Å². The van der Waals surface area contributed by atoms with Gasteiger partial charge in [0.1, 0.15) is 12.4 Å². The fourth-order valence-electron chi connectivity index (χ4n) is 0.915. The van der Waals surface area contributed by atoms with Gasteiger partial charge in [0.2, 0.25) is 0 Å². The Labute approximate surface area is 66.2 Å². The minimum atomic E-state index is 0.593. The minimum Gasteiger partial charge on any atom is -0.492 e. The Hall–Kier alpha value is -1.02. The number of rotatable bonds is 3. The summed E-state index contributed by atoms with van der Waals surface area (Å²) in [5, 5.41) is 3.18. The van der Waals surface area contributed by atoms with Crippen molar-refractivity contribution < 1.29 is 4.74 Å². The molecule has 1 heterocycles. The lowest BCUT2D eigenvalue weighted by atomic mass is 10.3. The first-order chi connectivity index (χ1) is 5.45. The predicted octanol–water partition coefficient (Wildman–Crippen LogP) is 1.04. The molecule has 1 saturated heterocycles. The second kappa shape index (κ2) is 2.93. The zero-order chi connectivity index (χ0) is 7.52. The van der Waals surface area contributed by atoms with Crippen molar-refractivity contribution in [3.63, 3.8) is 0 Å². The van der Waals surface area contributed by atoms with Crippen LogP contribution >= 0.6 is 0 Å². The molecule has 2 nitrogen and oxygen atoms in total. The van der Waals surface area contributed by atoms with Crippen molar-refractivity contribution in [1.29, 1.82) is 0 Å². The second-order valence-electron chi connectivity index (χ2n) is 2.73. The molecule has 1 N–H and O–H groups in total. The zero-order valence-electron chi connectivity index (χ0n) is 6.29. The van der Waals surface area contributed by atoms with Gasteiger partial charge in [0.25, 0.3) is 0 Å². The van der Waals surface area contributed by atoms with E-state index in [4.69, 9.17) is 4.74 Å². The van der Waals surface area contributed by atoms with E-state index in [-0.39, 0.29) is 0 Å². The normalized spacial score (nSPS) is 21.3. The Morgan fingerprint density at radius 1 is 1.36 bits per heavy atom. The molecule has 1 aliphatic heterocycles. The molecule has 58 valence electrons. The highest BCUT2D eigenvalue weighted by molar-refractivity contribution is 5.21. The van der Waals surface area contributed by atoms with Gasteiger partial charge in [-0.3, -0.25) is 0 Å². The zero-order valence-corrected chi connectivity index (χ0v) is 6.29. The summed E-state index contributed by atoms with van der Waals surface area (Å²) in [5.74, 6) is 0.959. The maximum absolute atomic E-state index is 5.47. The minimum absolute atomic E-state index is 0.593.